The molecule has 0 aliphatic carbocycles. The van der Waals surface area contributed by atoms with E-state index in [1.807, 2.05) is 0 Å². The Kier molecular flexibility index (Phi) is 7.21. The fourth-order valence-corrected chi connectivity index (χ4v) is 3.33. The van der Waals surface area contributed by atoms with E-state index in [1.165, 1.54) is 17.2 Å². The van der Waals surface area contributed by atoms with E-state index >= 15 is 0 Å². The number of aryl methyl sites for hydroxylation is 1. The van der Waals surface area contributed by atoms with Crippen molar-refractivity contribution in [2.24, 2.45) is 0 Å². The zero-order valence-corrected chi connectivity index (χ0v) is 15.8. The lowest BCUT2D eigenvalue weighted by atomic mass is 10.1. The van der Waals surface area contributed by atoms with Gasteiger partial charge in [-0.2, -0.15) is 0 Å². The van der Waals surface area contributed by atoms with Gasteiger partial charge in [-0.15, -0.1) is 0 Å². The van der Waals surface area contributed by atoms with Crippen LogP contribution in [0, 0.1) is 12.7 Å². The summed E-state index contributed by atoms with van der Waals surface area (Å²) in [5.74, 6) is -0.249. The van der Waals surface area contributed by atoms with Crippen LogP contribution in [-0.2, 0) is 11.3 Å². The van der Waals surface area contributed by atoms with Gasteiger partial charge in [-0.1, -0.05) is 42.0 Å². The molecule has 4 nitrogen and oxygen atoms in total. The van der Waals surface area contributed by atoms with Gasteiger partial charge in [0, 0.05) is 26.2 Å². The smallest absolute Gasteiger partial charge is 0.165 e. The Labute approximate surface area is 160 Å². The summed E-state index contributed by atoms with van der Waals surface area (Å²) < 4.78 is 24.9. The van der Waals surface area contributed by atoms with Crippen LogP contribution >= 0.6 is 0 Å². The number of hydrogen-bond donors (Lipinski definition) is 1. The Hall–Kier alpha value is -1.95. The van der Waals surface area contributed by atoms with Gasteiger partial charge in [-0.25, -0.2) is 4.39 Å². The van der Waals surface area contributed by atoms with Gasteiger partial charge in [-0.3, -0.25) is 4.90 Å². The van der Waals surface area contributed by atoms with Gasteiger partial charge in [0.05, 0.1) is 6.10 Å². The second kappa shape index (κ2) is 9.83. The second-order valence-electron chi connectivity index (χ2n) is 7.21. The molecular weight excluding hydrogens is 345 g/mol. The highest BCUT2D eigenvalue weighted by molar-refractivity contribution is 5.23. The van der Waals surface area contributed by atoms with E-state index < -0.39 is 11.9 Å². The van der Waals surface area contributed by atoms with Crippen molar-refractivity contribution in [2.75, 3.05) is 26.3 Å². The van der Waals surface area contributed by atoms with Crippen LogP contribution in [0.25, 0.3) is 0 Å². The average Bonchev–Trinajstić information content (AvgIpc) is 3.16. The minimum absolute atomic E-state index is 0.0524. The number of hydrogen-bond acceptors (Lipinski definition) is 4. The number of halogens is 1. The zero-order valence-electron chi connectivity index (χ0n) is 15.8. The van der Waals surface area contributed by atoms with Crippen LogP contribution in [-0.4, -0.2) is 48.5 Å². The van der Waals surface area contributed by atoms with Crippen molar-refractivity contribution in [1.29, 1.82) is 0 Å². The number of ether oxygens (including phenoxy) is 2. The molecule has 2 aromatic carbocycles. The summed E-state index contributed by atoms with van der Waals surface area (Å²) in [6.07, 6.45) is 1.63. The zero-order chi connectivity index (χ0) is 19.1. The second-order valence-corrected chi connectivity index (χ2v) is 7.21. The molecule has 2 aromatic rings. The Morgan fingerprint density at radius 1 is 1.22 bits per heavy atom. The summed E-state index contributed by atoms with van der Waals surface area (Å²) in [5.41, 5.74) is 2.42. The SMILES string of the molecule is Cc1ccc(CN(CC(O)COc2ccccc2F)CC2CCCO2)cc1. The van der Waals surface area contributed by atoms with Crippen LogP contribution in [0.3, 0.4) is 0 Å². The number of rotatable bonds is 9. The largest absolute Gasteiger partial charge is 0.488 e. The van der Waals surface area contributed by atoms with Crippen molar-refractivity contribution >= 4 is 0 Å². The maximum Gasteiger partial charge on any atom is 0.165 e. The molecule has 0 spiro atoms. The van der Waals surface area contributed by atoms with E-state index in [-0.39, 0.29) is 18.5 Å². The fraction of sp³-hybridized carbons (Fsp3) is 0.455. The molecule has 0 aromatic heterocycles. The molecule has 2 unspecified atom stereocenters. The van der Waals surface area contributed by atoms with E-state index in [0.29, 0.717) is 6.54 Å². The predicted molar refractivity (Wildman–Crippen MR) is 103 cm³/mol. The fourth-order valence-electron chi connectivity index (χ4n) is 3.33. The first-order valence-electron chi connectivity index (χ1n) is 9.55. The van der Waals surface area contributed by atoms with E-state index in [0.717, 1.165) is 32.5 Å². The molecule has 1 aliphatic rings. The van der Waals surface area contributed by atoms with Gasteiger partial charge in [0.15, 0.2) is 11.6 Å². The molecule has 1 heterocycles. The Morgan fingerprint density at radius 2 is 2.00 bits per heavy atom. The van der Waals surface area contributed by atoms with Gasteiger partial charge >= 0.3 is 0 Å². The molecule has 1 fully saturated rings. The van der Waals surface area contributed by atoms with Gasteiger partial charge < -0.3 is 14.6 Å². The number of aliphatic hydroxyl groups excluding tert-OH is 1. The van der Waals surface area contributed by atoms with E-state index in [9.17, 15) is 9.50 Å². The average molecular weight is 373 g/mol. The van der Waals surface area contributed by atoms with Crippen LogP contribution in [0.1, 0.15) is 24.0 Å². The van der Waals surface area contributed by atoms with Crippen LogP contribution in [0.2, 0.25) is 0 Å². The highest BCUT2D eigenvalue weighted by Gasteiger charge is 2.21. The molecule has 0 saturated carbocycles. The van der Waals surface area contributed by atoms with Crippen LogP contribution in [0.5, 0.6) is 5.75 Å². The maximum absolute atomic E-state index is 13.7. The monoisotopic (exact) mass is 373 g/mol. The number of para-hydroxylation sites is 1. The molecule has 1 saturated heterocycles. The molecule has 1 aliphatic heterocycles. The lowest BCUT2D eigenvalue weighted by Crippen LogP contribution is -2.39. The maximum atomic E-state index is 13.7. The van der Waals surface area contributed by atoms with Crippen molar-refractivity contribution in [3.05, 3.63) is 65.5 Å². The van der Waals surface area contributed by atoms with Gasteiger partial charge in [0.2, 0.25) is 0 Å². The Morgan fingerprint density at radius 3 is 2.70 bits per heavy atom. The lowest BCUT2D eigenvalue weighted by Gasteiger charge is -2.27. The van der Waals surface area contributed by atoms with Crippen LogP contribution in [0.4, 0.5) is 4.39 Å². The van der Waals surface area contributed by atoms with E-state index in [4.69, 9.17) is 9.47 Å². The third-order valence-electron chi connectivity index (χ3n) is 4.75. The summed E-state index contributed by atoms with van der Waals surface area (Å²) in [7, 11) is 0. The highest BCUT2D eigenvalue weighted by atomic mass is 19.1. The minimum atomic E-state index is -0.712. The third-order valence-corrected chi connectivity index (χ3v) is 4.75. The number of nitrogens with zero attached hydrogens (tertiary/aromatic N) is 1. The lowest BCUT2D eigenvalue weighted by molar-refractivity contribution is 0.0308. The van der Waals surface area contributed by atoms with Gasteiger partial charge in [-0.05, 0) is 37.5 Å². The summed E-state index contributed by atoms with van der Waals surface area (Å²) in [6.45, 7) is 4.88. The third kappa shape index (κ3) is 6.31. The topological polar surface area (TPSA) is 41.9 Å². The summed E-state index contributed by atoms with van der Waals surface area (Å²) in [6, 6.07) is 14.7. The van der Waals surface area contributed by atoms with Crippen LogP contribution < -0.4 is 4.74 Å². The number of benzene rings is 2. The summed E-state index contributed by atoms with van der Waals surface area (Å²) in [4.78, 5) is 2.19. The molecule has 0 bridgehead atoms. The van der Waals surface area contributed by atoms with Crippen molar-refractivity contribution in [3.8, 4) is 5.75 Å². The molecule has 0 radical (unpaired) electrons. The Balaban J connectivity index is 1.57. The molecule has 27 heavy (non-hydrogen) atoms. The van der Waals surface area contributed by atoms with Crippen molar-refractivity contribution < 1.29 is 19.0 Å². The highest BCUT2D eigenvalue weighted by Crippen LogP contribution is 2.18. The summed E-state index contributed by atoms with van der Waals surface area (Å²) in [5, 5.41) is 10.4. The molecule has 3 rings (SSSR count). The first-order chi connectivity index (χ1) is 13.1. The predicted octanol–water partition coefficient (Wildman–Crippen LogP) is 3.56. The molecular formula is C22H28FNO3. The van der Waals surface area contributed by atoms with Crippen molar-refractivity contribution in [1.82, 2.24) is 4.90 Å². The normalized spacial score (nSPS) is 18.0. The molecule has 5 heteroatoms. The first-order valence-corrected chi connectivity index (χ1v) is 9.55. The number of aliphatic hydroxyl groups is 1. The van der Waals surface area contributed by atoms with Crippen molar-refractivity contribution in [2.45, 2.75) is 38.5 Å². The van der Waals surface area contributed by atoms with Gasteiger partial charge in [0.25, 0.3) is 0 Å². The van der Waals surface area contributed by atoms with Crippen molar-refractivity contribution in [3.63, 3.8) is 0 Å². The molecule has 1 N–H and O–H groups in total. The standard InChI is InChI=1S/C22H28FNO3/c1-17-8-10-18(11-9-17)13-24(15-20-5-4-12-26-20)14-19(25)16-27-22-7-3-2-6-21(22)23/h2-3,6-11,19-20,25H,4-5,12-16H2,1H3. The molecule has 0 amide bonds. The quantitative estimate of drug-likeness (QED) is 0.730. The molecule has 146 valence electrons. The van der Waals surface area contributed by atoms with E-state index in [2.05, 4.69) is 36.1 Å². The minimum Gasteiger partial charge on any atom is -0.488 e. The van der Waals surface area contributed by atoms with Crippen LogP contribution in [0.15, 0.2) is 48.5 Å². The van der Waals surface area contributed by atoms with E-state index in [1.54, 1.807) is 18.2 Å². The summed E-state index contributed by atoms with van der Waals surface area (Å²) >= 11 is 0. The Bertz CT molecular complexity index is 701. The van der Waals surface area contributed by atoms with Gasteiger partial charge in [0.1, 0.15) is 12.7 Å². The molecule has 2 atom stereocenters. The first kappa shape index (κ1) is 19.8.